The minimum absolute atomic E-state index is 0.0184. The van der Waals surface area contributed by atoms with Crippen molar-refractivity contribution in [1.82, 2.24) is 5.32 Å². The Balaban J connectivity index is 1.77. The summed E-state index contributed by atoms with van der Waals surface area (Å²) in [6.07, 6.45) is 1.83. The largest absolute Gasteiger partial charge is 0.376 e. The van der Waals surface area contributed by atoms with E-state index in [0.717, 1.165) is 25.0 Å². The van der Waals surface area contributed by atoms with Crippen molar-refractivity contribution < 1.29 is 22.3 Å². The summed E-state index contributed by atoms with van der Waals surface area (Å²) < 4.78 is 46.1. The second kappa shape index (κ2) is 7.84. The van der Waals surface area contributed by atoms with Gasteiger partial charge in [0.2, 0.25) is 0 Å². The number of hydrogen-bond donors (Lipinski definition) is 2. The van der Waals surface area contributed by atoms with Crippen molar-refractivity contribution in [2.45, 2.75) is 23.8 Å². The predicted octanol–water partition coefficient (Wildman–Crippen LogP) is 2.54. The highest BCUT2D eigenvalue weighted by Gasteiger charge is 2.21. The fraction of sp³-hybridized carbons (Fsp3) is 0.278. The molecular weight excluding hydrogens is 359 g/mol. The molecule has 2 N–H and O–H groups in total. The van der Waals surface area contributed by atoms with Gasteiger partial charge >= 0.3 is 0 Å². The van der Waals surface area contributed by atoms with Crippen LogP contribution in [0.3, 0.4) is 0 Å². The minimum Gasteiger partial charge on any atom is -0.376 e. The molecule has 1 fully saturated rings. The van der Waals surface area contributed by atoms with Gasteiger partial charge in [-0.25, -0.2) is 12.8 Å². The molecule has 0 radical (unpaired) electrons. The number of rotatable bonds is 6. The average molecular weight is 378 g/mol. The summed E-state index contributed by atoms with van der Waals surface area (Å²) in [6, 6.07) is 10.9. The first-order chi connectivity index (χ1) is 12.5. The first-order valence-electron chi connectivity index (χ1n) is 8.23. The molecule has 2 aromatic rings. The smallest absolute Gasteiger partial charge is 0.262 e. The topological polar surface area (TPSA) is 84.5 Å². The molecule has 8 heteroatoms. The molecule has 0 bridgehead atoms. The van der Waals surface area contributed by atoms with E-state index in [2.05, 4.69) is 10.0 Å². The number of amides is 1. The summed E-state index contributed by atoms with van der Waals surface area (Å²) in [6.45, 7) is 1.05. The number of halogens is 1. The highest BCUT2D eigenvalue weighted by atomic mass is 32.2. The van der Waals surface area contributed by atoms with Gasteiger partial charge in [0, 0.05) is 13.2 Å². The van der Waals surface area contributed by atoms with Gasteiger partial charge in [-0.3, -0.25) is 9.52 Å². The molecule has 2 aromatic carbocycles. The Morgan fingerprint density at radius 3 is 2.73 bits per heavy atom. The Hall–Kier alpha value is -2.45. The van der Waals surface area contributed by atoms with Crippen LogP contribution in [-0.4, -0.2) is 33.6 Å². The van der Waals surface area contributed by atoms with Crippen molar-refractivity contribution in [1.29, 1.82) is 0 Å². The van der Waals surface area contributed by atoms with Crippen LogP contribution in [0.2, 0.25) is 0 Å². The lowest BCUT2D eigenvalue weighted by atomic mass is 10.1. The molecule has 1 amide bonds. The van der Waals surface area contributed by atoms with Crippen LogP contribution in [0.5, 0.6) is 0 Å². The number of nitrogens with one attached hydrogen (secondary N) is 2. The van der Waals surface area contributed by atoms with Crippen molar-refractivity contribution in [2.75, 3.05) is 17.9 Å². The highest BCUT2D eigenvalue weighted by molar-refractivity contribution is 7.92. The van der Waals surface area contributed by atoms with E-state index in [1.807, 2.05) is 0 Å². The van der Waals surface area contributed by atoms with Gasteiger partial charge in [-0.15, -0.1) is 0 Å². The zero-order chi connectivity index (χ0) is 18.6. The van der Waals surface area contributed by atoms with Crippen LogP contribution in [0.25, 0.3) is 0 Å². The van der Waals surface area contributed by atoms with Crippen molar-refractivity contribution in [2.24, 2.45) is 0 Å². The standard InChI is InChI=1S/C18H19FN2O4S/c19-13-5-3-7-15(11-13)26(23,24)21-17-9-2-1-8-16(17)18(22)20-12-14-6-4-10-25-14/h1-3,5,7-9,11,14,21H,4,6,10,12H2,(H,20,22)/t14-/m0/s1. The van der Waals surface area contributed by atoms with Crippen LogP contribution in [-0.2, 0) is 14.8 Å². The number of para-hydroxylation sites is 1. The molecule has 0 unspecified atom stereocenters. The summed E-state index contributed by atoms with van der Waals surface area (Å²) in [5.74, 6) is -1.06. The minimum atomic E-state index is -4.02. The number of carbonyl (C=O) groups is 1. The van der Waals surface area contributed by atoms with Gasteiger partial charge in [0.15, 0.2) is 0 Å². The third-order valence-corrected chi connectivity index (χ3v) is 5.40. The number of benzene rings is 2. The second-order valence-electron chi connectivity index (χ2n) is 5.95. The summed E-state index contributed by atoms with van der Waals surface area (Å²) in [5, 5.41) is 2.76. The van der Waals surface area contributed by atoms with Crippen LogP contribution < -0.4 is 10.0 Å². The highest BCUT2D eigenvalue weighted by Crippen LogP contribution is 2.21. The zero-order valence-electron chi connectivity index (χ0n) is 13.9. The normalized spacial score (nSPS) is 17.0. The SMILES string of the molecule is O=C(NC[C@@H]1CCCO1)c1ccccc1NS(=O)(=O)c1cccc(F)c1. The van der Waals surface area contributed by atoms with E-state index in [4.69, 9.17) is 4.74 Å². The van der Waals surface area contributed by atoms with E-state index < -0.39 is 21.7 Å². The lowest BCUT2D eigenvalue weighted by molar-refractivity contribution is 0.0858. The molecule has 0 aliphatic carbocycles. The van der Waals surface area contributed by atoms with Gasteiger partial charge < -0.3 is 10.1 Å². The molecule has 138 valence electrons. The van der Waals surface area contributed by atoms with E-state index in [1.54, 1.807) is 12.1 Å². The van der Waals surface area contributed by atoms with Crippen molar-refractivity contribution in [3.8, 4) is 0 Å². The molecule has 0 saturated carbocycles. The Morgan fingerprint density at radius 2 is 2.00 bits per heavy atom. The Morgan fingerprint density at radius 1 is 1.19 bits per heavy atom. The van der Waals surface area contributed by atoms with Crippen LogP contribution in [0.15, 0.2) is 53.4 Å². The van der Waals surface area contributed by atoms with Crippen LogP contribution in [0.4, 0.5) is 10.1 Å². The van der Waals surface area contributed by atoms with Gasteiger partial charge in [0.05, 0.1) is 22.3 Å². The van der Waals surface area contributed by atoms with Crippen molar-refractivity contribution in [3.05, 3.63) is 59.9 Å². The van der Waals surface area contributed by atoms with Gasteiger partial charge in [0.25, 0.3) is 15.9 Å². The third-order valence-electron chi connectivity index (χ3n) is 4.04. The van der Waals surface area contributed by atoms with Crippen LogP contribution in [0, 0.1) is 5.82 Å². The van der Waals surface area contributed by atoms with E-state index in [-0.39, 0.29) is 22.3 Å². The van der Waals surface area contributed by atoms with Crippen LogP contribution >= 0.6 is 0 Å². The molecule has 1 aliphatic heterocycles. The van der Waals surface area contributed by atoms with E-state index in [0.29, 0.717) is 13.2 Å². The lowest BCUT2D eigenvalue weighted by Crippen LogP contribution is -2.32. The van der Waals surface area contributed by atoms with Crippen LogP contribution in [0.1, 0.15) is 23.2 Å². The second-order valence-corrected chi connectivity index (χ2v) is 7.64. The molecule has 1 saturated heterocycles. The van der Waals surface area contributed by atoms with E-state index >= 15 is 0 Å². The first-order valence-corrected chi connectivity index (χ1v) is 9.71. The third kappa shape index (κ3) is 4.39. The maximum absolute atomic E-state index is 13.3. The molecule has 0 spiro atoms. The zero-order valence-corrected chi connectivity index (χ0v) is 14.8. The Kier molecular flexibility index (Phi) is 5.53. The van der Waals surface area contributed by atoms with E-state index in [9.17, 15) is 17.6 Å². The number of ether oxygens (including phenoxy) is 1. The monoisotopic (exact) mass is 378 g/mol. The number of hydrogen-bond acceptors (Lipinski definition) is 4. The fourth-order valence-electron chi connectivity index (χ4n) is 2.72. The molecule has 1 aliphatic rings. The molecule has 1 atom stereocenters. The molecular formula is C18H19FN2O4S. The van der Waals surface area contributed by atoms with Crippen molar-refractivity contribution in [3.63, 3.8) is 0 Å². The summed E-state index contributed by atoms with van der Waals surface area (Å²) >= 11 is 0. The molecule has 3 rings (SSSR count). The first kappa shape index (κ1) is 18.3. The van der Waals surface area contributed by atoms with Gasteiger partial charge in [-0.2, -0.15) is 0 Å². The van der Waals surface area contributed by atoms with Crippen molar-refractivity contribution >= 4 is 21.6 Å². The summed E-state index contributed by atoms with van der Waals surface area (Å²) in [5.41, 5.74) is 0.312. The van der Waals surface area contributed by atoms with Gasteiger partial charge in [0.1, 0.15) is 5.82 Å². The molecule has 6 nitrogen and oxygen atoms in total. The number of carbonyl (C=O) groups excluding carboxylic acids is 1. The number of anilines is 1. The Bertz CT molecular complexity index is 896. The summed E-state index contributed by atoms with van der Waals surface area (Å²) in [4.78, 5) is 12.2. The maximum Gasteiger partial charge on any atom is 0.262 e. The molecule has 0 aromatic heterocycles. The summed E-state index contributed by atoms with van der Waals surface area (Å²) in [7, 11) is -4.02. The lowest BCUT2D eigenvalue weighted by Gasteiger charge is -2.14. The average Bonchev–Trinajstić information content (AvgIpc) is 3.13. The fourth-order valence-corrected chi connectivity index (χ4v) is 3.83. The van der Waals surface area contributed by atoms with Gasteiger partial charge in [-0.05, 0) is 43.2 Å². The number of sulfonamides is 1. The van der Waals surface area contributed by atoms with Gasteiger partial charge in [-0.1, -0.05) is 18.2 Å². The van der Waals surface area contributed by atoms with E-state index in [1.165, 1.54) is 24.3 Å². The maximum atomic E-state index is 13.3. The molecule has 1 heterocycles. The quantitative estimate of drug-likeness (QED) is 0.809. The molecule has 26 heavy (non-hydrogen) atoms. The Labute approximate surface area is 151 Å². The predicted molar refractivity (Wildman–Crippen MR) is 95.0 cm³/mol.